The third kappa shape index (κ3) is 3.96. The van der Waals surface area contributed by atoms with E-state index in [1.54, 1.807) is 6.07 Å². The Bertz CT molecular complexity index is 442. The van der Waals surface area contributed by atoms with E-state index >= 15 is 0 Å². The Balaban J connectivity index is 1.97. The number of amides is 1. The fraction of sp³-hybridized carbons (Fsp3) is 0.533. The van der Waals surface area contributed by atoms with Gasteiger partial charge in [-0.15, -0.1) is 0 Å². The molecule has 0 aliphatic heterocycles. The lowest BCUT2D eigenvalue weighted by Crippen LogP contribution is -2.33. The molecule has 1 aliphatic carbocycles. The second-order valence-electron chi connectivity index (χ2n) is 5.46. The normalized spacial score (nSPS) is 16.2. The highest BCUT2D eigenvalue weighted by Crippen LogP contribution is 2.32. The van der Waals surface area contributed by atoms with Gasteiger partial charge in [-0.05, 0) is 44.7 Å². The van der Waals surface area contributed by atoms with Gasteiger partial charge in [-0.2, -0.15) is 0 Å². The van der Waals surface area contributed by atoms with Crippen LogP contribution >= 0.6 is 0 Å². The number of aliphatic hydroxyl groups is 1. The number of carbonyl (C=O) groups is 1. The van der Waals surface area contributed by atoms with Gasteiger partial charge >= 0.3 is 0 Å². The number of hydrogen-bond donors (Lipinski definition) is 3. The van der Waals surface area contributed by atoms with Gasteiger partial charge in [-0.3, -0.25) is 4.79 Å². The van der Waals surface area contributed by atoms with E-state index in [1.165, 1.54) is 0 Å². The third-order valence-electron chi connectivity index (χ3n) is 3.25. The van der Waals surface area contributed by atoms with Crippen LogP contribution in [-0.4, -0.2) is 29.7 Å². The molecule has 4 heteroatoms. The maximum absolute atomic E-state index is 12.1. The summed E-state index contributed by atoms with van der Waals surface area (Å²) in [7, 11) is 0. The van der Waals surface area contributed by atoms with Gasteiger partial charge in [0, 0.05) is 18.3 Å². The van der Waals surface area contributed by atoms with Crippen molar-refractivity contribution < 1.29 is 9.90 Å². The molecule has 3 N–H and O–H groups in total. The molecule has 1 unspecified atom stereocenters. The molecule has 104 valence electrons. The number of rotatable bonds is 6. The minimum absolute atomic E-state index is 0.136. The summed E-state index contributed by atoms with van der Waals surface area (Å²) in [4.78, 5) is 12.1. The summed E-state index contributed by atoms with van der Waals surface area (Å²) in [5.74, 6) is 0.243. The van der Waals surface area contributed by atoms with Crippen LogP contribution in [0.4, 0.5) is 5.69 Å². The number of carbonyl (C=O) groups excluding carboxylic acids is 1. The minimum atomic E-state index is -0.408. The number of benzene rings is 1. The van der Waals surface area contributed by atoms with Crippen molar-refractivity contribution in [1.29, 1.82) is 0 Å². The molecule has 0 heterocycles. The molecule has 0 saturated heterocycles. The molecule has 0 spiro atoms. The Hall–Kier alpha value is -1.55. The first-order valence-electron chi connectivity index (χ1n) is 6.89. The first-order valence-corrected chi connectivity index (χ1v) is 6.89. The average Bonchev–Trinajstić information content (AvgIpc) is 3.19. The highest BCUT2D eigenvalue weighted by atomic mass is 16.3. The van der Waals surface area contributed by atoms with Crippen LogP contribution in [0.2, 0.25) is 0 Å². The first kappa shape index (κ1) is 13.9. The predicted molar refractivity (Wildman–Crippen MR) is 76.3 cm³/mol. The maximum atomic E-state index is 12.1. The van der Waals surface area contributed by atoms with Crippen molar-refractivity contribution in [2.45, 2.75) is 38.8 Å². The van der Waals surface area contributed by atoms with Gasteiger partial charge in [0.1, 0.15) is 0 Å². The minimum Gasteiger partial charge on any atom is -0.391 e. The third-order valence-corrected chi connectivity index (χ3v) is 3.25. The topological polar surface area (TPSA) is 61.4 Å². The quantitative estimate of drug-likeness (QED) is 0.735. The predicted octanol–water partition coefficient (Wildman–Crippen LogP) is 2.01. The van der Waals surface area contributed by atoms with Gasteiger partial charge in [-0.25, -0.2) is 0 Å². The Morgan fingerprint density at radius 3 is 2.68 bits per heavy atom. The molecule has 0 aromatic heterocycles. The lowest BCUT2D eigenvalue weighted by molar-refractivity contribution is 0.0902. The summed E-state index contributed by atoms with van der Waals surface area (Å²) in [6.45, 7) is 4.40. The highest BCUT2D eigenvalue weighted by Gasteiger charge is 2.29. The van der Waals surface area contributed by atoms with E-state index in [9.17, 15) is 9.90 Å². The SMILES string of the molecule is CC(C)Nc1ccccc1C(=O)NCC(O)C1CC1. The van der Waals surface area contributed by atoms with E-state index in [1.807, 2.05) is 32.0 Å². The Morgan fingerprint density at radius 2 is 2.05 bits per heavy atom. The lowest BCUT2D eigenvalue weighted by Gasteiger charge is -2.15. The molecule has 1 fully saturated rings. The van der Waals surface area contributed by atoms with Gasteiger partial charge < -0.3 is 15.7 Å². The van der Waals surface area contributed by atoms with Crippen molar-refractivity contribution >= 4 is 11.6 Å². The summed E-state index contributed by atoms with van der Waals surface area (Å²) < 4.78 is 0. The second kappa shape index (κ2) is 6.06. The van der Waals surface area contributed by atoms with Crippen LogP contribution < -0.4 is 10.6 Å². The molecule has 2 rings (SSSR count). The Labute approximate surface area is 114 Å². The zero-order valence-electron chi connectivity index (χ0n) is 11.5. The zero-order valence-corrected chi connectivity index (χ0v) is 11.5. The van der Waals surface area contributed by atoms with Crippen LogP contribution in [0.3, 0.4) is 0 Å². The van der Waals surface area contributed by atoms with E-state index in [4.69, 9.17) is 0 Å². The van der Waals surface area contributed by atoms with E-state index in [2.05, 4.69) is 10.6 Å². The number of aliphatic hydroxyl groups excluding tert-OH is 1. The maximum Gasteiger partial charge on any atom is 0.253 e. The summed E-state index contributed by atoms with van der Waals surface area (Å²) >= 11 is 0. The zero-order chi connectivity index (χ0) is 13.8. The molecule has 19 heavy (non-hydrogen) atoms. The van der Waals surface area contributed by atoms with Gasteiger partial charge in [-0.1, -0.05) is 12.1 Å². The number of hydrogen-bond acceptors (Lipinski definition) is 3. The summed E-state index contributed by atoms with van der Waals surface area (Å²) in [6.07, 6.45) is 1.74. The van der Waals surface area contributed by atoms with Crippen LogP contribution in [0.5, 0.6) is 0 Å². The van der Waals surface area contributed by atoms with Crippen molar-refractivity contribution in [2.24, 2.45) is 5.92 Å². The molecule has 1 amide bonds. The van der Waals surface area contributed by atoms with Crippen LogP contribution in [0.25, 0.3) is 0 Å². The molecule has 1 aliphatic rings. The number of nitrogens with one attached hydrogen (secondary N) is 2. The van der Waals surface area contributed by atoms with Crippen molar-refractivity contribution in [3.63, 3.8) is 0 Å². The van der Waals surface area contributed by atoms with E-state index < -0.39 is 6.10 Å². The van der Waals surface area contributed by atoms with E-state index in [0.717, 1.165) is 18.5 Å². The van der Waals surface area contributed by atoms with Crippen molar-refractivity contribution in [3.8, 4) is 0 Å². The second-order valence-corrected chi connectivity index (χ2v) is 5.46. The monoisotopic (exact) mass is 262 g/mol. The highest BCUT2D eigenvalue weighted by molar-refractivity contribution is 5.99. The molecular weight excluding hydrogens is 240 g/mol. The molecule has 4 nitrogen and oxygen atoms in total. The van der Waals surface area contributed by atoms with Crippen LogP contribution in [-0.2, 0) is 0 Å². The van der Waals surface area contributed by atoms with Crippen LogP contribution in [0, 0.1) is 5.92 Å². The number of anilines is 1. The van der Waals surface area contributed by atoms with Crippen LogP contribution in [0.1, 0.15) is 37.0 Å². The van der Waals surface area contributed by atoms with Crippen molar-refractivity contribution in [1.82, 2.24) is 5.32 Å². The van der Waals surface area contributed by atoms with Gasteiger partial charge in [0.05, 0.1) is 11.7 Å². The molecule has 1 aromatic rings. The van der Waals surface area contributed by atoms with Crippen LogP contribution in [0.15, 0.2) is 24.3 Å². The van der Waals surface area contributed by atoms with Gasteiger partial charge in [0.15, 0.2) is 0 Å². The van der Waals surface area contributed by atoms with E-state index in [0.29, 0.717) is 18.0 Å². The smallest absolute Gasteiger partial charge is 0.253 e. The molecule has 0 radical (unpaired) electrons. The standard InChI is InChI=1S/C15H22N2O2/c1-10(2)17-13-6-4-3-5-12(13)15(19)16-9-14(18)11-7-8-11/h3-6,10-11,14,17-18H,7-9H2,1-2H3,(H,16,19). The molecule has 0 bridgehead atoms. The lowest BCUT2D eigenvalue weighted by atomic mass is 10.1. The fourth-order valence-electron chi connectivity index (χ4n) is 2.06. The molecule has 1 aromatic carbocycles. The Kier molecular flexibility index (Phi) is 4.43. The average molecular weight is 262 g/mol. The first-order chi connectivity index (χ1) is 9.08. The molecule has 1 saturated carbocycles. The molecule has 1 atom stereocenters. The molecular formula is C15H22N2O2. The van der Waals surface area contributed by atoms with Crippen molar-refractivity contribution in [2.75, 3.05) is 11.9 Å². The summed E-state index contributed by atoms with van der Waals surface area (Å²) in [5, 5.41) is 15.8. The summed E-state index contributed by atoms with van der Waals surface area (Å²) in [6, 6.07) is 7.71. The largest absolute Gasteiger partial charge is 0.391 e. The van der Waals surface area contributed by atoms with Gasteiger partial charge in [0.2, 0.25) is 0 Å². The Morgan fingerprint density at radius 1 is 1.37 bits per heavy atom. The number of para-hydroxylation sites is 1. The fourth-order valence-corrected chi connectivity index (χ4v) is 2.06. The van der Waals surface area contributed by atoms with Gasteiger partial charge in [0.25, 0.3) is 5.91 Å². The van der Waals surface area contributed by atoms with Crippen molar-refractivity contribution in [3.05, 3.63) is 29.8 Å². The summed E-state index contributed by atoms with van der Waals surface area (Å²) in [5.41, 5.74) is 1.45. The van der Waals surface area contributed by atoms with E-state index in [-0.39, 0.29) is 11.9 Å².